The summed E-state index contributed by atoms with van der Waals surface area (Å²) in [7, 11) is 4.33. The van der Waals surface area contributed by atoms with Crippen molar-refractivity contribution in [1.82, 2.24) is 20.2 Å². The first-order valence-electron chi connectivity index (χ1n) is 7.63. The summed E-state index contributed by atoms with van der Waals surface area (Å²) in [6.45, 7) is 6.15. The lowest BCUT2D eigenvalue weighted by atomic mass is 10.0. The molecule has 0 radical (unpaired) electrons. The topological polar surface area (TPSA) is 44.3 Å². The molecule has 20 heavy (non-hydrogen) atoms. The smallest absolute Gasteiger partial charge is 0.147 e. The second kappa shape index (κ2) is 7.55. The molecule has 0 saturated carbocycles. The van der Waals surface area contributed by atoms with E-state index in [-0.39, 0.29) is 0 Å². The number of nitrogens with zero attached hydrogens (tertiary/aromatic N) is 4. The largest absolute Gasteiger partial charge is 0.355 e. The maximum Gasteiger partial charge on any atom is 0.147 e. The molecule has 0 amide bonds. The molecule has 1 aromatic rings. The Morgan fingerprint density at radius 3 is 2.55 bits per heavy atom. The Morgan fingerprint density at radius 2 is 2.00 bits per heavy atom. The van der Waals surface area contributed by atoms with Gasteiger partial charge in [0.2, 0.25) is 0 Å². The van der Waals surface area contributed by atoms with Gasteiger partial charge in [-0.1, -0.05) is 6.92 Å². The molecule has 5 nitrogen and oxygen atoms in total. The van der Waals surface area contributed by atoms with E-state index in [0.717, 1.165) is 44.1 Å². The summed E-state index contributed by atoms with van der Waals surface area (Å²) in [6.07, 6.45) is 7.37. The predicted octanol–water partition coefficient (Wildman–Crippen LogP) is 1.51. The highest BCUT2D eigenvalue weighted by Gasteiger charge is 2.21. The third kappa shape index (κ3) is 4.15. The zero-order valence-corrected chi connectivity index (χ0v) is 13.0. The molecule has 2 heterocycles. The van der Waals surface area contributed by atoms with Crippen LogP contribution in [0.15, 0.2) is 12.4 Å². The van der Waals surface area contributed by atoms with Crippen molar-refractivity contribution in [2.75, 3.05) is 38.6 Å². The molecule has 0 aliphatic carbocycles. The number of hydrogen-bond acceptors (Lipinski definition) is 5. The van der Waals surface area contributed by atoms with E-state index >= 15 is 0 Å². The molecule has 0 bridgehead atoms. The Hall–Kier alpha value is -1.20. The summed E-state index contributed by atoms with van der Waals surface area (Å²) in [6, 6.07) is 0.705. The van der Waals surface area contributed by atoms with Crippen molar-refractivity contribution in [3.05, 3.63) is 18.1 Å². The van der Waals surface area contributed by atoms with Gasteiger partial charge < -0.3 is 15.1 Å². The van der Waals surface area contributed by atoms with E-state index in [1.165, 1.54) is 12.8 Å². The molecule has 2 rings (SSSR count). The van der Waals surface area contributed by atoms with Gasteiger partial charge in [-0.25, -0.2) is 4.98 Å². The normalized spacial score (nSPS) is 16.9. The molecular formula is C15H27N5. The van der Waals surface area contributed by atoms with Crippen LogP contribution in [-0.2, 0) is 6.54 Å². The van der Waals surface area contributed by atoms with E-state index in [0.29, 0.717) is 6.04 Å². The lowest BCUT2D eigenvalue weighted by Crippen LogP contribution is -2.42. The van der Waals surface area contributed by atoms with Gasteiger partial charge in [0.1, 0.15) is 5.82 Å². The van der Waals surface area contributed by atoms with Gasteiger partial charge in [0.05, 0.1) is 18.1 Å². The molecule has 0 spiro atoms. The molecule has 1 aliphatic heterocycles. The van der Waals surface area contributed by atoms with Crippen LogP contribution in [0.2, 0.25) is 0 Å². The summed E-state index contributed by atoms with van der Waals surface area (Å²) in [5, 5.41) is 3.35. The van der Waals surface area contributed by atoms with Crippen LogP contribution < -0.4 is 10.2 Å². The highest BCUT2D eigenvalue weighted by atomic mass is 15.2. The molecule has 112 valence electrons. The van der Waals surface area contributed by atoms with Gasteiger partial charge >= 0.3 is 0 Å². The zero-order valence-electron chi connectivity index (χ0n) is 13.0. The molecule has 1 aliphatic rings. The highest BCUT2D eigenvalue weighted by molar-refractivity contribution is 5.36. The van der Waals surface area contributed by atoms with Crippen molar-refractivity contribution in [3.8, 4) is 0 Å². The first kappa shape index (κ1) is 15.2. The second-order valence-electron chi connectivity index (χ2n) is 5.72. The van der Waals surface area contributed by atoms with E-state index < -0.39 is 0 Å². The van der Waals surface area contributed by atoms with Crippen LogP contribution in [0, 0.1) is 0 Å². The number of piperidine rings is 1. The monoisotopic (exact) mass is 277 g/mol. The van der Waals surface area contributed by atoms with Crippen molar-refractivity contribution in [3.63, 3.8) is 0 Å². The standard InChI is InChI=1S/C15H27N5/c1-4-7-16-10-13-11-18-15(12-17-13)20-8-5-14(6-9-20)19(2)3/h11-12,14,16H,4-10H2,1-3H3. The third-order valence-electron chi connectivity index (χ3n) is 3.94. The van der Waals surface area contributed by atoms with Gasteiger partial charge in [0, 0.05) is 25.7 Å². The zero-order chi connectivity index (χ0) is 14.4. The summed E-state index contributed by atoms with van der Waals surface area (Å²) in [5.41, 5.74) is 1.02. The average molecular weight is 277 g/mol. The molecule has 1 fully saturated rings. The highest BCUT2D eigenvalue weighted by Crippen LogP contribution is 2.19. The summed E-state index contributed by atoms with van der Waals surface area (Å²) < 4.78 is 0. The summed E-state index contributed by atoms with van der Waals surface area (Å²) in [4.78, 5) is 13.7. The van der Waals surface area contributed by atoms with Gasteiger partial charge in [-0.3, -0.25) is 4.98 Å². The predicted molar refractivity (Wildman–Crippen MR) is 83.0 cm³/mol. The molecular weight excluding hydrogens is 250 g/mol. The van der Waals surface area contributed by atoms with E-state index in [1.807, 2.05) is 12.4 Å². The fourth-order valence-corrected chi connectivity index (χ4v) is 2.61. The van der Waals surface area contributed by atoms with Crippen LogP contribution in [0.4, 0.5) is 5.82 Å². The van der Waals surface area contributed by atoms with Gasteiger partial charge in [-0.2, -0.15) is 0 Å². The van der Waals surface area contributed by atoms with Crippen molar-refractivity contribution in [1.29, 1.82) is 0 Å². The second-order valence-corrected chi connectivity index (χ2v) is 5.72. The Kier molecular flexibility index (Phi) is 5.73. The third-order valence-corrected chi connectivity index (χ3v) is 3.94. The molecule has 1 N–H and O–H groups in total. The molecule has 1 aromatic heterocycles. The van der Waals surface area contributed by atoms with Crippen LogP contribution in [0.1, 0.15) is 31.9 Å². The Balaban J connectivity index is 1.84. The number of hydrogen-bond donors (Lipinski definition) is 1. The number of rotatable bonds is 6. The maximum absolute atomic E-state index is 4.56. The average Bonchev–Trinajstić information content (AvgIpc) is 2.48. The number of anilines is 1. The van der Waals surface area contributed by atoms with E-state index in [9.17, 15) is 0 Å². The number of nitrogens with one attached hydrogen (secondary N) is 1. The lowest BCUT2D eigenvalue weighted by molar-refractivity contribution is 0.249. The van der Waals surface area contributed by atoms with Crippen LogP contribution in [0.3, 0.4) is 0 Å². The van der Waals surface area contributed by atoms with E-state index in [2.05, 4.69) is 46.1 Å². The Labute approximate surface area is 122 Å². The summed E-state index contributed by atoms with van der Waals surface area (Å²) >= 11 is 0. The minimum absolute atomic E-state index is 0.705. The minimum Gasteiger partial charge on any atom is -0.355 e. The van der Waals surface area contributed by atoms with Crippen LogP contribution in [-0.4, -0.2) is 54.6 Å². The van der Waals surface area contributed by atoms with Crippen molar-refractivity contribution < 1.29 is 0 Å². The summed E-state index contributed by atoms with van der Waals surface area (Å²) in [5.74, 6) is 1.02. The Bertz CT molecular complexity index is 382. The van der Waals surface area contributed by atoms with Crippen LogP contribution in [0.25, 0.3) is 0 Å². The maximum atomic E-state index is 4.56. The quantitative estimate of drug-likeness (QED) is 0.799. The van der Waals surface area contributed by atoms with Crippen molar-refractivity contribution in [2.24, 2.45) is 0 Å². The fourth-order valence-electron chi connectivity index (χ4n) is 2.61. The van der Waals surface area contributed by atoms with E-state index in [4.69, 9.17) is 0 Å². The SMILES string of the molecule is CCCNCc1cnc(N2CCC(N(C)C)CC2)cn1. The minimum atomic E-state index is 0.705. The molecule has 5 heteroatoms. The Morgan fingerprint density at radius 1 is 1.25 bits per heavy atom. The fraction of sp³-hybridized carbons (Fsp3) is 0.733. The van der Waals surface area contributed by atoms with Crippen molar-refractivity contribution in [2.45, 2.75) is 38.8 Å². The first-order valence-corrected chi connectivity index (χ1v) is 7.63. The first-order chi connectivity index (χ1) is 9.70. The van der Waals surface area contributed by atoms with Crippen molar-refractivity contribution >= 4 is 5.82 Å². The molecule has 1 saturated heterocycles. The molecule has 0 aromatic carbocycles. The van der Waals surface area contributed by atoms with Gasteiger partial charge in [0.25, 0.3) is 0 Å². The van der Waals surface area contributed by atoms with Crippen LogP contribution >= 0.6 is 0 Å². The molecule has 0 unspecified atom stereocenters. The number of aromatic nitrogens is 2. The van der Waals surface area contributed by atoms with E-state index in [1.54, 1.807) is 0 Å². The van der Waals surface area contributed by atoms with Crippen LogP contribution in [0.5, 0.6) is 0 Å². The molecule has 0 atom stereocenters. The lowest BCUT2D eigenvalue weighted by Gasteiger charge is -2.35. The van der Waals surface area contributed by atoms with Gasteiger partial charge in [0.15, 0.2) is 0 Å². The van der Waals surface area contributed by atoms with Gasteiger partial charge in [-0.15, -0.1) is 0 Å². The van der Waals surface area contributed by atoms with Gasteiger partial charge in [-0.05, 0) is 39.9 Å².